The van der Waals surface area contributed by atoms with Gasteiger partial charge in [-0.05, 0) is 94.3 Å². The number of imide groups is 1. The number of ether oxygens (including phenoxy) is 1. The summed E-state index contributed by atoms with van der Waals surface area (Å²) < 4.78 is 30.8. The van der Waals surface area contributed by atoms with Crippen LogP contribution >= 0.6 is 11.8 Å². The molecule has 2 N–H and O–H groups in total. The second kappa shape index (κ2) is 14.4. The molecule has 3 fully saturated rings. The smallest absolute Gasteiger partial charge is 0.387 e. The molecule has 0 spiro atoms. The lowest BCUT2D eigenvalue weighted by atomic mass is 9.88. The maximum atomic E-state index is 12.5. The van der Waals surface area contributed by atoms with Gasteiger partial charge in [0.25, 0.3) is 0 Å². The third-order valence-electron chi connectivity index (χ3n) is 9.37. The Bertz CT molecular complexity index is 1470. The quantitative estimate of drug-likeness (QED) is 0.215. The van der Waals surface area contributed by atoms with E-state index < -0.39 is 6.61 Å². The van der Waals surface area contributed by atoms with Crippen LogP contribution in [0.25, 0.3) is 10.9 Å². The average molecular weight is 642 g/mol. The minimum atomic E-state index is -2.88. The van der Waals surface area contributed by atoms with E-state index in [1.165, 1.54) is 30.1 Å². The van der Waals surface area contributed by atoms with Crippen LogP contribution < -0.4 is 15.4 Å². The summed E-state index contributed by atoms with van der Waals surface area (Å²) in [5.74, 6) is 1.28. The number of amides is 2. The maximum absolute atomic E-state index is 12.5. The van der Waals surface area contributed by atoms with Crippen LogP contribution in [0.2, 0.25) is 0 Å². The topological polar surface area (TPSA) is 114 Å². The Balaban J connectivity index is 0.893. The molecule has 3 aliphatic rings. The summed E-state index contributed by atoms with van der Waals surface area (Å²) in [5.41, 5.74) is 3.15. The molecule has 13 heteroatoms. The lowest BCUT2D eigenvalue weighted by Crippen LogP contribution is -2.39. The first kappa shape index (κ1) is 31.7. The molecule has 3 aromatic rings. The molecule has 2 aromatic heterocycles. The SMILES string of the molecule is Cn1nc(C2CCC(=O)NC2=O)c2ccc(C3CCN(CCCSC4CCC(Nc5ncc(OC(F)F)cn5)CC4)CC3)cc21. The lowest BCUT2D eigenvalue weighted by Gasteiger charge is -2.32. The number of nitrogens with one attached hydrogen (secondary N) is 2. The van der Waals surface area contributed by atoms with Gasteiger partial charge >= 0.3 is 6.61 Å². The van der Waals surface area contributed by atoms with Crippen LogP contribution in [0.15, 0.2) is 30.6 Å². The number of rotatable bonds is 11. The largest absolute Gasteiger partial charge is 0.432 e. The van der Waals surface area contributed by atoms with Gasteiger partial charge in [-0.3, -0.25) is 19.6 Å². The Labute approximate surface area is 266 Å². The number of aryl methyl sites for hydroxylation is 1. The highest BCUT2D eigenvalue weighted by atomic mass is 32.2. The third kappa shape index (κ3) is 7.92. The Morgan fingerprint density at radius 1 is 1.07 bits per heavy atom. The monoisotopic (exact) mass is 641 g/mol. The van der Waals surface area contributed by atoms with E-state index in [2.05, 4.69) is 60.2 Å². The predicted molar refractivity (Wildman–Crippen MR) is 170 cm³/mol. The van der Waals surface area contributed by atoms with Crippen molar-refractivity contribution in [2.45, 2.75) is 87.5 Å². The van der Waals surface area contributed by atoms with E-state index in [1.807, 2.05) is 11.7 Å². The van der Waals surface area contributed by atoms with Crippen LogP contribution in [0, 0.1) is 0 Å². The summed E-state index contributed by atoms with van der Waals surface area (Å²) >= 11 is 2.09. The van der Waals surface area contributed by atoms with Gasteiger partial charge in [-0.15, -0.1) is 0 Å². The van der Waals surface area contributed by atoms with Crippen molar-refractivity contribution in [3.05, 3.63) is 41.9 Å². The Hall–Kier alpha value is -3.32. The number of thioether (sulfide) groups is 1. The average Bonchev–Trinajstić information content (AvgIpc) is 3.36. The van der Waals surface area contributed by atoms with Crippen LogP contribution in [0.1, 0.15) is 80.9 Å². The minimum Gasteiger partial charge on any atom is -0.432 e. The zero-order valence-corrected chi connectivity index (χ0v) is 26.4. The molecule has 2 aliphatic heterocycles. The van der Waals surface area contributed by atoms with E-state index in [9.17, 15) is 18.4 Å². The maximum Gasteiger partial charge on any atom is 0.387 e. The van der Waals surface area contributed by atoms with E-state index in [-0.39, 0.29) is 23.5 Å². The van der Waals surface area contributed by atoms with Crippen molar-refractivity contribution in [1.82, 2.24) is 30.0 Å². The normalized spacial score (nSPS) is 23.4. The highest BCUT2D eigenvalue weighted by molar-refractivity contribution is 7.99. The number of piperidine rings is 2. The molecular weight excluding hydrogens is 600 g/mol. The molecule has 1 atom stereocenters. The standard InChI is InChI=1S/C32H41F2N7O3S/c1-40-27-17-21(3-8-25(27)29(39-40)26-9-10-28(42)38-30(26)43)20-11-14-41(15-12-20)13-2-16-45-24-6-4-22(5-7-24)37-32-35-18-23(19-36-32)44-31(33)34/h3,8,17-20,22,24,26,31H,2,4-7,9-16H2,1H3,(H,35,36,37)(H,38,42,43). The van der Waals surface area contributed by atoms with E-state index in [1.54, 1.807) is 0 Å². The molecule has 0 bridgehead atoms. The number of benzene rings is 1. The molecule has 0 radical (unpaired) electrons. The molecule has 242 valence electrons. The molecule has 4 heterocycles. The van der Waals surface area contributed by atoms with Gasteiger partial charge in [-0.25, -0.2) is 9.97 Å². The fraction of sp³-hybridized carbons (Fsp3) is 0.594. The summed E-state index contributed by atoms with van der Waals surface area (Å²) in [7, 11) is 1.93. The summed E-state index contributed by atoms with van der Waals surface area (Å²) in [4.78, 5) is 34.8. The number of likely N-dealkylation sites (tertiary alicyclic amines) is 1. The third-order valence-corrected chi connectivity index (χ3v) is 10.8. The first-order chi connectivity index (χ1) is 21.8. The highest BCUT2D eigenvalue weighted by Crippen LogP contribution is 2.35. The zero-order chi connectivity index (χ0) is 31.3. The Morgan fingerprint density at radius 3 is 2.53 bits per heavy atom. The van der Waals surface area contributed by atoms with Gasteiger partial charge in [0.2, 0.25) is 17.8 Å². The van der Waals surface area contributed by atoms with Gasteiger partial charge in [-0.2, -0.15) is 25.6 Å². The Morgan fingerprint density at radius 2 is 1.82 bits per heavy atom. The van der Waals surface area contributed by atoms with Crippen molar-refractivity contribution in [2.75, 3.05) is 30.7 Å². The van der Waals surface area contributed by atoms with Gasteiger partial charge in [0.1, 0.15) is 0 Å². The molecule has 1 saturated carbocycles. The van der Waals surface area contributed by atoms with E-state index in [0.29, 0.717) is 36.0 Å². The number of carbonyl (C=O) groups is 2. The number of carbonyl (C=O) groups excluding carboxylic acids is 2. The summed E-state index contributed by atoms with van der Waals surface area (Å²) in [6.07, 6.45) is 11.3. The molecule has 1 unspecified atom stereocenters. The van der Waals surface area contributed by atoms with Crippen molar-refractivity contribution < 1.29 is 23.1 Å². The van der Waals surface area contributed by atoms with Crippen molar-refractivity contribution in [3.63, 3.8) is 0 Å². The minimum absolute atomic E-state index is 0.0360. The predicted octanol–water partition coefficient (Wildman–Crippen LogP) is 5.21. The van der Waals surface area contributed by atoms with Crippen LogP contribution in [0.5, 0.6) is 5.75 Å². The van der Waals surface area contributed by atoms with E-state index in [0.717, 1.165) is 74.8 Å². The number of hydrogen-bond acceptors (Lipinski definition) is 9. The lowest BCUT2D eigenvalue weighted by molar-refractivity contribution is -0.134. The second-order valence-electron chi connectivity index (χ2n) is 12.4. The molecule has 10 nitrogen and oxygen atoms in total. The summed E-state index contributed by atoms with van der Waals surface area (Å²) in [5, 5.41) is 12.2. The van der Waals surface area contributed by atoms with Crippen LogP contribution in [0.4, 0.5) is 14.7 Å². The first-order valence-electron chi connectivity index (χ1n) is 16.0. The van der Waals surface area contributed by atoms with Gasteiger partial charge in [0.05, 0.1) is 29.5 Å². The molecule has 1 aliphatic carbocycles. The molecule has 2 saturated heterocycles. The van der Waals surface area contributed by atoms with Gasteiger partial charge in [-0.1, -0.05) is 12.1 Å². The first-order valence-corrected chi connectivity index (χ1v) is 17.0. The number of aromatic nitrogens is 4. The van der Waals surface area contributed by atoms with Gasteiger partial charge in [0, 0.05) is 30.1 Å². The molecule has 1 aromatic carbocycles. The van der Waals surface area contributed by atoms with Crippen LogP contribution in [-0.4, -0.2) is 79.8 Å². The number of hydrogen-bond donors (Lipinski definition) is 2. The fourth-order valence-corrected chi connectivity index (χ4v) is 8.14. The zero-order valence-electron chi connectivity index (χ0n) is 25.6. The number of fused-ring (bicyclic) bond motifs is 1. The number of nitrogens with zero attached hydrogens (tertiary/aromatic N) is 5. The molecular formula is C32H41F2N7O3S. The van der Waals surface area contributed by atoms with Gasteiger partial charge < -0.3 is 15.0 Å². The summed E-state index contributed by atoms with van der Waals surface area (Å²) in [6, 6.07) is 6.86. The molecule has 6 rings (SSSR count). The van der Waals surface area contributed by atoms with Crippen molar-refractivity contribution in [3.8, 4) is 5.75 Å². The summed E-state index contributed by atoms with van der Waals surface area (Å²) in [6.45, 7) is 0.469. The van der Waals surface area contributed by atoms with E-state index >= 15 is 0 Å². The molecule has 45 heavy (non-hydrogen) atoms. The van der Waals surface area contributed by atoms with Crippen molar-refractivity contribution in [1.29, 1.82) is 0 Å². The van der Waals surface area contributed by atoms with Crippen molar-refractivity contribution in [2.24, 2.45) is 7.05 Å². The van der Waals surface area contributed by atoms with Gasteiger partial charge in [0.15, 0.2) is 5.75 Å². The fourth-order valence-electron chi connectivity index (χ4n) is 6.91. The number of halogens is 2. The molecule has 2 amide bonds. The van der Waals surface area contributed by atoms with Crippen molar-refractivity contribution >= 4 is 40.4 Å². The highest BCUT2D eigenvalue weighted by Gasteiger charge is 2.32. The Kier molecular flexibility index (Phi) is 10.1. The second-order valence-corrected chi connectivity index (χ2v) is 13.8. The van der Waals surface area contributed by atoms with Crippen LogP contribution in [0.3, 0.4) is 0 Å². The number of alkyl halides is 2. The van der Waals surface area contributed by atoms with E-state index in [4.69, 9.17) is 5.10 Å². The number of anilines is 1. The van der Waals surface area contributed by atoms with Crippen LogP contribution in [-0.2, 0) is 16.6 Å².